The number of fused-ring (bicyclic) bond motifs is 1. The quantitative estimate of drug-likeness (QED) is 0.882. The van der Waals surface area contributed by atoms with Gasteiger partial charge in [-0.05, 0) is 38.8 Å². The van der Waals surface area contributed by atoms with Crippen LogP contribution in [0.1, 0.15) is 47.6 Å². The number of hydrogen-bond donors (Lipinski definition) is 2. The van der Waals surface area contributed by atoms with E-state index in [2.05, 4.69) is 10.2 Å². The lowest BCUT2D eigenvalue weighted by Crippen LogP contribution is -2.44. The van der Waals surface area contributed by atoms with Crippen molar-refractivity contribution in [3.05, 3.63) is 23.2 Å². The third-order valence-corrected chi connectivity index (χ3v) is 4.64. The van der Waals surface area contributed by atoms with Gasteiger partial charge in [-0.3, -0.25) is 4.90 Å². The molecule has 3 rings (SSSR count). The molecular weight excluding hydrogens is 256 g/mol. The Kier molecular flexibility index (Phi) is 3.81. The fourth-order valence-corrected chi connectivity index (χ4v) is 3.53. The molecule has 2 unspecified atom stereocenters. The van der Waals surface area contributed by atoms with Gasteiger partial charge in [0.1, 0.15) is 5.76 Å². The maximum absolute atomic E-state index is 10.9. The molecule has 1 aromatic rings. The first kappa shape index (κ1) is 13.6. The highest BCUT2D eigenvalue weighted by Crippen LogP contribution is 2.27. The zero-order valence-electron chi connectivity index (χ0n) is 11.9. The Labute approximate surface area is 118 Å². The molecule has 2 aliphatic heterocycles. The predicted molar refractivity (Wildman–Crippen MR) is 74.9 cm³/mol. The smallest absolute Gasteiger partial charge is 0.371 e. The van der Waals surface area contributed by atoms with Gasteiger partial charge in [-0.2, -0.15) is 0 Å². The van der Waals surface area contributed by atoms with Crippen molar-refractivity contribution in [2.24, 2.45) is 0 Å². The van der Waals surface area contributed by atoms with Crippen molar-refractivity contribution in [1.82, 2.24) is 10.2 Å². The van der Waals surface area contributed by atoms with Gasteiger partial charge in [-0.1, -0.05) is 6.42 Å². The standard InChI is InChI=1S/C15H22N2O3/c1-10-11(8-14(20-10)15(18)19)9-16-12-5-7-17-6-3-2-4-13(12)17/h8,12-13,16H,2-7,9H2,1H3,(H,18,19). The second-order valence-corrected chi connectivity index (χ2v) is 5.87. The fraction of sp³-hybridized carbons (Fsp3) is 0.667. The summed E-state index contributed by atoms with van der Waals surface area (Å²) in [5, 5.41) is 12.5. The number of carbonyl (C=O) groups is 1. The maximum Gasteiger partial charge on any atom is 0.371 e. The monoisotopic (exact) mass is 278 g/mol. The molecule has 3 heterocycles. The Morgan fingerprint density at radius 1 is 1.45 bits per heavy atom. The van der Waals surface area contributed by atoms with Gasteiger partial charge in [0.05, 0.1) is 0 Å². The molecule has 110 valence electrons. The molecule has 0 amide bonds. The molecule has 20 heavy (non-hydrogen) atoms. The van der Waals surface area contributed by atoms with E-state index in [4.69, 9.17) is 9.52 Å². The van der Waals surface area contributed by atoms with Crippen LogP contribution in [-0.2, 0) is 6.54 Å². The van der Waals surface area contributed by atoms with E-state index >= 15 is 0 Å². The molecule has 5 heteroatoms. The summed E-state index contributed by atoms with van der Waals surface area (Å²) in [4.78, 5) is 13.5. The highest BCUT2D eigenvalue weighted by Gasteiger charge is 2.35. The number of hydrogen-bond acceptors (Lipinski definition) is 4. The Balaban J connectivity index is 1.60. The second-order valence-electron chi connectivity index (χ2n) is 5.87. The van der Waals surface area contributed by atoms with Gasteiger partial charge in [0.2, 0.25) is 5.76 Å². The van der Waals surface area contributed by atoms with Gasteiger partial charge in [-0.15, -0.1) is 0 Å². The third-order valence-electron chi connectivity index (χ3n) is 4.64. The Morgan fingerprint density at radius 2 is 2.30 bits per heavy atom. The summed E-state index contributed by atoms with van der Waals surface area (Å²) in [5.74, 6) is -0.267. The van der Waals surface area contributed by atoms with Gasteiger partial charge in [-0.25, -0.2) is 4.79 Å². The lowest BCUT2D eigenvalue weighted by Gasteiger charge is -2.32. The van der Waals surface area contributed by atoms with Crippen molar-refractivity contribution >= 4 is 5.97 Å². The van der Waals surface area contributed by atoms with Crippen LogP contribution in [0.25, 0.3) is 0 Å². The minimum Gasteiger partial charge on any atom is -0.475 e. The predicted octanol–water partition coefficient (Wildman–Crippen LogP) is 2.00. The van der Waals surface area contributed by atoms with Gasteiger partial charge in [0.25, 0.3) is 0 Å². The van der Waals surface area contributed by atoms with Crippen LogP contribution >= 0.6 is 0 Å². The van der Waals surface area contributed by atoms with Gasteiger partial charge in [0, 0.05) is 30.7 Å². The van der Waals surface area contributed by atoms with Crippen molar-refractivity contribution in [3.63, 3.8) is 0 Å². The molecule has 2 atom stereocenters. The third kappa shape index (κ3) is 2.60. The first-order chi connectivity index (χ1) is 9.65. The number of rotatable bonds is 4. The highest BCUT2D eigenvalue weighted by molar-refractivity contribution is 5.84. The summed E-state index contributed by atoms with van der Waals surface area (Å²) in [7, 11) is 0. The van der Waals surface area contributed by atoms with Crippen molar-refractivity contribution in [3.8, 4) is 0 Å². The van der Waals surface area contributed by atoms with Crippen LogP contribution in [0.3, 0.4) is 0 Å². The Bertz CT molecular complexity index is 497. The number of furan rings is 1. The number of aromatic carboxylic acids is 1. The molecular formula is C15H22N2O3. The summed E-state index contributed by atoms with van der Waals surface area (Å²) in [6, 6.07) is 2.82. The number of nitrogens with one attached hydrogen (secondary N) is 1. The molecule has 0 radical (unpaired) electrons. The molecule has 2 aliphatic rings. The van der Waals surface area contributed by atoms with Crippen LogP contribution in [0.5, 0.6) is 0 Å². The van der Waals surface area contributed by atoms with Gasteiger partial charge in [0.15, 0.2) is 0 Å². The lowest BCUT2D eigenvalue weighted by molar-refractivity contribution is 0.0661. The van der Waals surface area contributed by atoms with E-state index in [1.165, 1.54) is 38.8 Å². The van der Waals surface area contributed by atoms with E-state index in [1.807, 2.05) is 6.92 Å². The number of carboxylic acid groups (broad SMARTS) is 1. The van der Waals surface area contributed by atoms with Crippen LogP contribution < -0.4 is 5.32 Å². The lowest BCUT2D eigenvalue weighted by atomic mass is 9.99. The molecule has 5 nitrogen and oxygen atoms in total. The molecule has 0 spiro atoms. The molecule has 2 saturated heterocycles. The van der Waals surface area contributed by atoms with Crippen LogP contribution in [0, 0.1) is 6.92 Å². The maximum atomic E-state index is 10.9. The SMILES string of the molecule is Cc1oc(C(=O)O)cc1CNC1CCN2CCCCC12. The minimum atomic E-state index is -1.00. The van der Waals surface area contributed by atoms with Crippen LogP contribution in [0.4, 0.5) is 0 Å². The number of aryl methyl sites for hydroxylation is 1. The van der Waals surface area contributed by atoms with Crippen molar-refractivity contribution in [2.75, 3.05) is 13.1 Å². The first-order valence-corrected chi connectivity index (χ1v) is 7.45. The number of carboxylic acids is 1. The summed E-state index contributed by atoms with van der Waals surface area (Å²) in [5.41, 5.74) is 0.955. The first-order valence-electron chi connectivity index (χ1n) is 7.45. The van der Waals surface area contributed by atoms with Gasteiger partial charge >= 0.3 is 5.97 Å². The molecule has 0 aliphatic carbocycles. The largest absolute Gasteiger partial charge is 0.475 e. The summed E-state index contributed by atoms with van der Waals surface area (Å²) in [6.07, 6.45) is 5.12. The summed E-state index contributed by atoms with van der Waals surface area (Å²) >= 11 is 0. The van der Waals surface area contributed by atoms with E-state index in [-0.39, 0.29) is 5.76 Å². The molecule has 2 fully saturated rings. The highest BCUT2D eigenvalue weighted by atomic mass is 16.4. The van der Waals surface area contributed by atoms with Gasteiger partial charge < -0.3 is 14.8 Å². The Morgan fingerprint density at radius 3 is 3.05 bits per heavy atom. The van der Waals surface area contributed by atoms with E-state index in [9.17, 15) is 4.79 Å². The average molecular weight is 278 g/mol. The van der Waals surface area contributed by atoms with E-state index in [0.717, 1.165) is 5.56 Å². The molecule has 2 N–H and O–H groups in total. The fourth-order valence-electron chi connectivity index (χ4n) is 3.53. The zero-order valence-corrected chi connectivity index (χ0v) is 11.9. The topological polar surface area (TPSA) is 65.7 Å². The number of piperidine rings is 1. The van der Waals surface area contributed by atoms with Crippen molar-refractivity contribution in [2.45, 2.75) is 51.2 Å². The zero-order chi connectivity index (χ0) is 14.1. The molecule has 1 aromatic heterocycles. The molecule has 0 bridgehead atoms. The van der Waals surface area contributed by atoms with Crippen LogP contribution in [-0.4, -0.2) is 41.1 Å². The minimum absolute atomic E-state index is 0.0324. The summed E-state index contributed by atoms with van der Waals surface area (Å²) in [6.45, 7) is 4.94. The van der Waals surface area contributed by atoms with Crippen molar-refractivity contribution in [1.29, 1.82) is 0 Å². The van der Waals surface area contributed by atoms with E-state index in [0.29, 0.717) is 24.4 Å². The van der Waals surface area contributed by atoms with E-state index in [1.54, 1.807) is 6.07 Å². The van der Waals surface area contributed by atoms with E-state index < -0.39 is 5.97 Å². The molecule has 0 aromatic carbocycles. The number of nitrogens with zero attached hydrogens (tertiary/aromatic N) is 1. The Hall–Kier alpha value is -1.33. The molecule has 0 saturated carbocycles. The van der Waals surface area contributed by atoms with Crippen LogP contribution in [0.15, 0.2) is 10.5 Å². The second kappa shape index (κ2) is 5.58. The van der Waals surface area contributed by atoms with Crippen LogP contribution in [0.2, 0.25) is 0 Å². The van der Waals surface area contributed by atoms with Crippen molar-refractivity contribution < 1.29 is 14.3 Å². The summed E-state index contributed by atoms with van der Waals surface area (Å²) < 4.78 is 5.25. The normalized spacial score (nSPS) is 26.6. The average Bonchev–Trinajstić information content (AvgIpc) is 3.00.